The van der Waals surface area contributed by atoms with Crippen LogP contribution in [0.5, 0.6) is 0 Å². The molecule has 10 heavy (non-hydrogen) atoms. The summed E-state index contributed by atoms with van der Waals surface area (Å²) in [5.74, 6) is 0. The van der Waals surface area contributed by atoms with E-state index in [0.717, 1.165) is 0 Å². The highest BCUT2D eigenvalue weighted by Crippen LogP contribution is 2.16. The highest BCUT2D eigenvalue weighted by molar-refractivity contribution is 5.45. The summed E-state index contributed by atoms with van der Waals surface area (Å²) < 4.78 is 0. The summed E-state index contributed by atoms with van der Waals surface area (Å²) in [5, 5.41) is 0. The molecule has 0 unspecified atom stereocenters. The summed E-state index contributed by atoms with van der Waals surface area (Å²) in [4.78, 5) is 0. The number of aryl methyl sites for hydroxylation is 2. The van der Waals surface area contributed by atoms with Gasteiger partial charge in [0.2, 0.25) is 0 Å². The predicted octanol–water partition coefficient (Wildman–Crippen LogP) is 2.53. The summed E-state index contributed by atoms with van der Waals surface area (Å²) in [6, 6.07) is 3.78. The lowest BCUT2D eigenvalue weighted by atomic mass is 10.0. The third-order valence-electron chi connectivity index (χ3n) is 1.93. The Labute approximate surface area is 61.9 Å². The molecule has 53 valence electrons. The van der Waals surface area contributed by atoms with E-state index in [1.54, 1.807) is 0 Å². The van der Waals surface area contributed by atoms with Gasteiger partial charge in [-0.2, -0.15) is 0 Å². The monoisotopic (exact) mass is 134 g/mol. The van der Waals surface area contributed by atoms with Gasteiger partial charge in [0.15, 0.2) is 0 Å². The summed E-state index contributed by atoms with van der Waals surface area (Å²) in [7, 11) is 0. The fourth-order valence-electron chi connectivity index (χ4n) is 1.04. The van der Waals surface area contributed by atoms with E-state index in [0.29, 0.717) is 5.69 Å². The van der Waals surface area contributed by atoms with Crippen LogP contribution < -0.4 is 5.73 Å². The molecule has 0 heterocycles. The Bertz CT molecular complexity index is 228. The van der Waals surface area contributed by atoms with Gasteiger partial charge in [0, 0.05) is 0 Å². The fraction of sp³-hybridized carbons (Fsp3) is 0.333. The molecular weight excluding hydrogens is 122 g/mol. The topological polar surface area (TPSA) is 23.8 Å². The molecule has 0 aromatic heterocycles. The van der Waals surface area contributed by atoms with Gasteiger partial charge in [-0.05, 0) is 49.6 Å². The first-order valence-corrected chi connectivity index (χ1v) is 3.40. The molecule has 0 bridgehead atoms. The minimum absolute atomic E-state index is 0.612. The molecule has 1 radical (unpaired) electrons. The molecule has 0 spiro atoms. The number of rotatable bonds is 0. The number of hydrogen-bond acceptors (Lipinski definition) is 0. The molecule has 1 aromatic rings. The summed E-state index contributed by atoms with van der Waals surface area (Å²) in [6.45, 7) is 6.17. The molecule has 1 N–H and O–H groups in total. The number of hydrogen-bond donors (Lipinski definition) is 0. The van der Waals surface area contributed by atoms with Crippen LogP contribution in [0.15, 0.2) is 12.1 Å². The van der Waals surface area contributed by atoms with E-state index in [9.17, 15) is 0 Å². The van der Waals surface area contributed by atoms with Crippen molar-refractivity contribution in [3.8, 4) is 0 Å². The molecular formula is C9H12N. The predicted molar refractivity (Wildman–Crippen MR) is 43.4 cm³/mol. The lowest BCUT2D eigenvalue weighted by Crippen LogP contribution is -1.85. The Kier molecular flexibility index (Phi) is 1.66. The molecule has 0 amide bonds. The summed E-state index contributed by atoms with van der Waals surface area (Å²) in [5.41, 5.74) is 11.7. The molecule has 0 saturated heterocycles. The maximum atomic E-state index is 7.37. The van der Waals surface area contributed by atoms with Gasteiger partial charge in [-0.15, -0.1) is 0 Å². The van der Waals surface area contributed by atoms with Crippen molar-refractivity contribution in [1.82, 2.24) is 5.73 Å². The maximum absolute atomic E-state index is 7.37. The Morgan fingerprint density at radius 3 is 1.80 bits per heavy atom. The highest BCUT2D eigenvalue weighted by atomic mass is 14.5. The minimum Gasteiger partial charge on any atom is -0.301 e. The van der Waals surface area contributed by atoms with Crippen LogP contribution in [0.3, 0.4) is 0 Å². The van der Waals surface area contributed by atoms with Crippen LogP contribution in [-0.4, -0.2) is 0 Å². The third kappa shape index (κ3) is 1.13. The van der Waals surface area contributed by atoms with Gasteiger partial charge in [-0.25, -0.2) is 0 Å². The van der Waals surface area contributed by atoms with Gasteiger partial charge in [-0.1, -0.05) is 0 Å². The van der Waals surface area contributed by atoms with Crippen LogP contribution in [0.1, 0.15) is 16.7 Å². The smallest absolute Gasteiger partial charge is 0.0545 e. The molecule has 0 aliphatic rings. The number of nitrogens with one attached hydrogen (secondary N) is 1. The van der Waals surface area contributed by atoms with Crippen molar-refractivity contribution < 1.29 is 0 Å². The van der Waals surface area contributed by atoms with Crippen molar-refractivity contribution in [3.05, 3.63) is 28.8 Å². The van der Waals surface area contributed by atoms with E-state index in [4.69, 9.17) is 5.73 Å². The molecule has 0 atom stereocenters. The molecule has 1 nitrogen and oxygen atoms in total. The third-order valence-corrected chi connectivity index (χ3v) is 1.93. The SMILES string of the molecule is Cc1cc([NH])cc(C)c1C. The molecule has 0 saturated carbocycles. The van der Waals surface area contributed by atoms with Crippen molar-refractivity contribution in [2.75, 3.05) is 0 Å². The normalized spacial score (nSPS) is 9.90. The van der Waals surface area contributed by atoms with Gasteiger partial charge in [-0.3, -0.25) is 0 Å². The first-order valence-electron chi connectivity index (χ1n) is 3.40. The van der Waals surface area contributed by atoms with Crippen LogP contribution in [0.4, 0.5) is 5.69 Å². The summed E-state index contributed by atoms with van der Waals surface area (Å²) in [6.07, 6.45) is 0. The zero-order valence-corrected chi connectivity index (χ0v) is 6.65. The zero-order valence-electron chi connectivity index (χ0n) is 6.65. The van der Waals surface area contributed by atoms with Crippen molar-refractivity contribution in [2.45, 2.75) is 20.8 Å². The lowest BCUT2D eigenvalue weighted by Gasteiger charge is -2.03. The van der Waals surface area contributed by atoms with E-state index < -0.39 is 0 Å². The first-order chi connectivity index (χ1) is 4.61. The molecule has 0 fully saturated rings. The fourth-order valence-corrected chi connectivity index (χ4v) is 1.04. The van der Waals surface area contributed by atoms with Gasteiger partial charge in [0.25, 0.3) is 0 Å². The van der Waals surface area contributed by atoms with E-state index >= 15 is 0 Å². The van der Waals surface area contributed by atoms with Crippen molar-refractivity contribution in [2.24, 2.45) is 0 Å². The van der Waals surface area contributed by atoms with Gasteiger partial charge >= 0.3 is 0 Å². The minimum atomic E-state index is 0.612. The van der Waals surface area contributed by atoms with E-state index in [1.165, 1.54) is 16.7 Å². The average molecular weight is 134 g/mol. The van der Waals surface area contributed by atoms with Gasteiger partial charge in [0.05, 0.1) is 5.69 Å². The Morgan fingerprint density at radius 2 is 1.40 bits per heavy atom. The second kappa shape index (κ2) is 2.33. The Morgan fingerprint density at radius 1 is 1.00 bits per heavy atom. The van der Waals surface area contributed by atoms with Gasteiger partial charge < -0.3 is 5.73 Å². The van der Waals surface area contributed by atoms with Crippen molar-refractivity contribution in [3.63, 3.8) is 0 Å². The van der Waals surface area contributed by atoms with E-state index in [1.807, 2.05) is 26.0 Å². The Hall–Kier alpha value is -0.980. The van der Waals surface area contributed by atoms with Crippen LogP contribution in [-0.2, 0) is 0 Å². The standard InChI is InChI=1S/C9H12N/c1-6-4-9(10)5-7(2)8(6)3/h4-5,10H,1-3H3. The molecule has 1 rings (SSSR count). The lowest BCUT2D eigenvalue weighted by molar-refractivity contribution is 1.25. The van der Waals surface area contributed by atoms with Gasteiger partial charge in [0.1, 0.15) is 0 Å². The highest BCUT2D eigenvalue weighted by Gasteiger charge is 1.96. The number of benzene rings is 1. The van der Waals surface area contributed by atoms with Crippen molar-refractivity contribution in [1.29, 1.82) is 0 Å². The summed E-state index contributed by atoms with van der Waals surface area (Å²) >= 11 is 0. The maximum Gasteiger partial charge on any atom is 0.0545 e. The van der Waals surface area contributed by atoms with E-state index in [2.05, 4.69) is 6.92 Å². The molecule has 0 aliphatic heterocycles. The molecule has 0 aliphatic carbocycles. The van der Waals surface area contributed by atoms with Crippen LogP contribution >= 0.6 is 0 Å². The second-order valence-corrected chi connectivity index (χ2v) is 2.74. The molecule has 1 aromatic carbocycles. The largest absolute Gasteiger partial charge is 0.301 e. The van der Waals surface area contributed by atoms with Crippen LogP contribution in [0.2, 0.25) is 0 Å². The second-order valence-electron chi connectivity index (χ2n) is 2.74. The van der Waals surface area contributed by atoms with E-state index in [-0.39, 0.29) is 0 Å². The quantitative estimate of drug-likeness (QED) is 0.520. The zero-order chi connectivity index (χ0) is 7.72. The Balaban J connectivity index is 3.31. The molecule has 1 heteroatoms. The first kappa shape index (κ1) is 7.13. The van der Waals surface area contributed by atoms with Crippen molar-refractivity contribution >= 4 is 5.69 Å². The van der Waals surface area contributed by atoms with Crippen LogP contribution in [0.25, 0.3) is 0 Å². The van der Waals surface area contributed by atoms with Crippen LogP contribution in [0, 0.1) is 20.8 Å². The average Bonchev–Trinajstić information content (AvgIpc) is 1.82.